The Labute approximate surface area is 128 Å². The van der Waals surface area contributed by atoms with Crippen molar-refractivity contribution in [1.29, 1.82) is 0 Å². The van der Waals surface area contributed by atoms with E-state index in [1.54, 1.807) is 5.56 Å². The lowest BCUT2D eigenvalue weighted by Gasteiger charge is -2.29. The van der Waals surface area contributed by atoms with Crippen LogP contribution >= 0.6 is 11.8 Å². The lowest BCUT2D eigenvalue weighted by molar-refractivity contribution is 0.297. The molecule has 1 aromatic rings. The van der Waals surface area contributed by atoms with E-state index in [4.69, 9.17) is 0 Å². The first-order valence-corrected chi connectivity index (χ1v) is 8.72. The molecule has 2 atom stereocenters. The summed E-state index contributed by atoms with van der Waals surface area (Å²) in [6.07, 6.45) is 2.57. The summed E-state index contributed by atoms with van der Waals surface area (Å²) in [4.78, 5) is 1.50. The highest BCUT2D eigenvalue weighted by atomic mass is 32.2. The van der Waals surface area contributed by atoms with Crippen molar-refractivity contribution < 1.29 is 0 Å². The standard InChI is InChI=1S/C18H29NS/c1-13(2)15(12-19-18(3,4)5)11-16-10-14-8-6-7-9-17(14)20-16/h6-9,13,15-16,19H,10-12H2,1-5H3. The SMILES string of the molecule is CC(C)C(CNC(C)(C)C)CC1Cc2ccccc2S1. The molecular weight excluding hydrogens is 262 g/mol. The lowest BCUT2D eigenvalue weighted by Crippen LogP contribution is -2.40. The molecule has 0 aromatic heterocycles. The number of hydrogen-bond acceptors (Lipinski definition) is 2. The van der Waals surface area contributed by atoms with Crippen LogP contribution in [0.3, 0.4) is 0 Å². The van der Waals surface area contributed by atoms with Crippen LogP contribution in [0, 0.1) is 11.8 Å². The van der Waals surface area contributed by atoms with Crippen LogP contribution in [0.25, 0.3) is 0 Å². The van der Waals surface area contributed by atoms with Gasteiger partial charge in [-0.05, 0) is 63.6 Å². The zero-order valence-corrected chi connectivity index (χ0v) is 14.4. The molecule has 1 aliphatic rings. The van der Waals surface area contributed by atoms with Gasteiger partial charge >= 0.3 is 0 Å². The van der Waals surface area contributed by atoms with Crippen LogP contribution in [-0.4, -0.2) is 17.3 Å². The van der Waals surface area contributed by atoms with Crippen molar-refractivity contribution in [1.82, 2.24) is 5.32 Å². The number of benzene rings is 1. The van der Waals surface area contributed by atoms with Crippen molar-refractivity contribution in [3.05, 3.63) is 29.8 Å². The third-order valence-electron chi connectivity index (χ3n) is 4.12. The van der Waals surface area contributed by atoms with E-state index in [0.717, 1.165) is 23.6 Å². The highest BCUT2D eigenvalue weighted by Gasteiger charge is 2.26. The topological polar surface area (TPSA) is 12.0 Å². The molecule has 2 rings (SSSR count). The fourth-order valence-corrected chi connectivity index (χ4v) is 4.18. The Morgan fingerprint density at radius 3 is 2.55 bits per heavy atom. The van der Waals surface area contributed by atoms with E-state index in [1.807, 2.05) is 0 Å². The van der Waals surface area contributed by atoms with Crippen molar-refractivity contribution >= 4 is 11.8 Å². The molecule has 0 spiro atoms. The minimum Gasteiger partial charge on any atom is -0.312 e. The van der Waals surface area contributed by atoms with Gasteiger partial charge in [0.15, 0.2) is 0 Å². The predicted molar refractivity (Wildman–Crippen MR) is 90.5 cm³/mol. The Morgan fingerprint density at radius 2 is 1.95 bits per heavy atom. The first kappa shape index (κ1) is 15.9. The maximum absolute atomic E-state index is 3.69. The number of fused-ring (bicyclic) bond motifs is 1. The Bertz CT molecular complexity index is 408. The quantitative estimate of drug-likeness (QED) is 0.840. The first-order chi connectivity index (χ1) is 9.35. The van der Waals surface area contributed by atoms with Crippen LogP contribution in [0.2, 0.25) is 0 Å². The van der Waals surface area contributed by atoms with Crippen LogP contribution < -0.4 is 5.32 Å². The average Bonchev–Trinajstić information content (AvgIpc) is 2.75. The molecule has 1 nitrogen and oxygen atoms in total. The lowest BCUT2D eigenvalue weighted by atomic mass is 9.89. The van der Waals surface area contributed by atoms with E-state index in [1.165, 1.54) is 17.7 Å². The molecule has 0 fully saturated rings. The molecule has 0 aliphatic carbocycles. The molecule has 2 unspecified atom stereocenters. The fraction of sp³-hybridized carbons (Fsp3) is 0.667. The minimum atomic E-state index is 0.221. The molecule has 0 radical (unpaired) electrons. The third-order valence-corrected chi connectivity index (χ3v) is 5.46. The largest absolute Gasteiger partial charge is 0.312 e. The Morgan fingerprint density at radius 1 is 1.25 bits per heavy atom. The van der Waals surface area contributed by atoms with E-state index < -0.39 is 0 Å². The summed E-state index contributed by atoms with van der Waals surface area (Å²) < 4.78 is 0. The number of nitrogens with one attached hydrogen (secondary N) is 1. The Kier molecular flexibility index (Phi) is 5.19. The highest BCUT2D eigenvalue weighted by Crippen LogP contribution is 2.40. The second-order valence-electron chi connectivity index (χ2n) is 7.42. The van der Waals surface area contributed by atoms with E-state index in [0.29, 0.717) is 0 Å². The van der Waals surface area contributed by atoms with Crippen LogP contribution in [0.15, 0.2) is 29.2 Å². The average molecular weight is 292 g/mol. The Hall–Kier alpha value is -0.470. The van der Waals surface area contributed by atoms with Gasteiger partial charge in [-0.2, -0.15) is 0 Å². The van der Waals surface area contributed by atoms with Crippen molar-refractivity contribution in [3.63, 3.8) is 0 Å². The summed E-state index contributed by atoms with van der Waals surface area (Å²) in [7, 11) is 0. The van der Waals surface area contributed by atoms with Gasteiger partial charge < -0.3 is 5.32 Å². The van der Waals surface area contributed by atoms with Crippen LogP contribution in [0.4, 0.5) is 0 Å². The molecule has 112 valence electrons. The van der Waals surface area contributed by atoms with E-state index in [-0.39, 0.29) is 5.54 Å². The second-order valence-corrected chi connectivity index (χ2v) is 8.76. The van der Waals surface area contributed by atoms with Crippen molar-refractivity contribution in [2.75, 3.05) is 6.54 Å². The van der Waals surface area contributed by atoms with Gasteiger partial charge in [0.25, 0.3) is 0 Å². The highest BCUT2D eigenvalue weighted by molar-refractivity contribution is 8.00. The molecule has 1 aromatic carbocycles. The first-order valence-electron chi connectivity index (χ1n) is 7.85. The van der Waals surface area contributed by atoms with E-state index in [2.05, 4.69) is 76.0 Å². The molecular formula is C18H29NS. The van der Waals surface area contributed by atoms with Gasteiger partial charge in [0.1, 0.15) is 0 Å². The van der Waals surface area contributed by atoms with Crippen molar-refractivity contribution in [2.24, 2.45) is 11.8 Å². The van der Waals surface area contributed by atoms with Crippen LogP contribution in [0.1, 0.15) is 46.6 Å². The molecule has 2 heteroatoms. The molecule has 0 amide bonds. The van der Waals surface area contributed by atoms with E-state index >= 15 is 0 Å². The number of rotatable bonds is 5. The molecule has 0 saturated heterocycles. The van der Waals surface area contributed by atoms with Gasteiger partial charge in [0, 0.05) is 15.7 Å². The second kappa shape index (κ2) is 6.53. The van der Waals surface area contributed by atoms with Crippen molar-refractivity contribution in [2.45, 2.75) is 63.1 Å². The summed E-state index contributed by atoms with van der Waals surface area (Å²) in [5.74, 6) is 1.51. The number of thioether (sulfide) groups is 1. The summed E-state index contributed by atoms with van der Waals surface area (Å²) in [6.45, 7) is 12.6. The predicted octanol–water partition coefficient (Wildman–Crippen LogP) is 4.75. The van der Waals surface area contributed by atoms with Crippen LogP contribution in [0.5, 0.6) is 0 Å². The normalized spacial score (nSPS) is 20.2. The van der Waals surface area contributed by atoms with Gasteiger partial charge in [0.05, 0.1) is 0 Å². The molecule has 1 N–H and O–H groups in total. The maximum atomic E-state index is 3.69. The number of hydrogen-bond donors (Lipinski definition) is 1. The van der Waals surface area contributed by atoms with Crippen molar-refractivity contribution in [3.8, 4) is 0 Å². The van der Waals surface area contributed by atoms with Gasteiger partial charge in [-0.3, -0.25) is 0 Å². The van der Waals surface area contributed by atoms with Gasteiger partial charge in [-0.1, -0.05) is 32.0 Å². The summed E-state index contributed by atoms with van der Waals surface area (Å²) in [5, 5.41) is 4.45. The Balaban J connectivity index is 1.90. The molecule has 0 bridgehead atoms. The molecule has 1 aliphatic heterocycles. The van der Waals surface area contributed by atoms with Gasteiger partial charge in [-0.25, -0.2) is 0 Å². The molecule has 20 heavy (non-hydrogen) atoms. The molecule has 1 heterocycles. The monoisotopic (exact) mass is 291 g/mol. The van der Waals surface area contributed by atoms with Crippen LogP contribution in [-0.2, 0) is 6.42 Å². The smallest absolute Gasteiger partial charge is 0.0138 e. The minimum absolute atomic E-state index is 0.221. The summed E-state index contributed by atoms with van der Waals surface area (Å²) >= 11 is 2.09. The summed E-state index contributed by atoms with van der Waals surface area (Å²) in [6, 6.07) is 8.90. The summed E-state index contributed by atoms with van der Waals surface area (Å²) in [5.41, 5.74) is 1.77. The zero-order valence-electron chi connectivity index (χ0n) is 13.6. The van der Waals surface area contributed by atoms with Gasteiger partial charge in [0.2, 0.25) is 0 Å². The van der Waals surface area contributed by atoms with E-state index in [9.17, 15) is 0 Å². The third kappa shape index (κ3) is 4.53. The fourth-order valence-electron chi connectivity index (χ4n) is 2.75. The maximum Gasteiger partial charge on any atom is 0.0138 e. The molecule has 0 saturated carbocycles. The van der Waals surface area contributed by atoms with Gasteiger partial charge in [-0.15, -0.1) is 11.8 Å². The zero-order chi connectivity index (χ0) is 14.8.